The van der Waals surface area contributed by atoms with Crippen LogP contribution in [0.4, 0.5) is 0 Å². The van der Waals surface area contributed by atoms with E-state index < -0.39 is 0 Å². The molecule has 1 aromatic carbocycles. The van der Waals surface area contributed by atoms with E-state index in [1.165, 1.54) is 69.4 Å². The van der Waals surface area contributed by atoms with Gasteiger partial charge in [0.05, 0.1) is 0 Å². The van der Waals surface area contributed by atoms with Gasteiger partial charge in [0.2, 0.25) is 0 Å². The van der Waals surface area contributed by atoms with Gasteiger partial charge in [-0.05, 0) is 62.7 Å². The van der Waals surface area contributed by atoms with Crippen LogP contribution in [0.25, 0.3) is 0 Å². The maximum Gasteiger partial charge on any atom is 0.0460 e. The van der Waals surface area contributed by atoms with Crippen molar-refractivity contribution in [2.24, 2.45) is 0 Å². The molecule has 0 aromatic heterocycles. The Bertz CT molecular complexity index is 414. The van der Waals surface area contributed by atoms with E-state index in [0.29, 0.717) is 5.54 Å². The summed E-state index contributed by atoms with van der Waals surface area (Å²) < 4.78 is 0. The smallest absolute Gasteiger partial charge is 0.0460 e. The second-order valence-electron chi connectivity index (χ2n) is 6.37. The van der Waals surface area contributed by atoms with Crippen LogP contribution in [0.5, 0.6) is 0 Å². The molecular weight excluding hydrogens is 262 g/mol. The fourth-order valence-electron chi connectivity index (χ4n) is 4.15. The minimum absolute atomic E-state index is 0.357. The summed E-state index contributed by atoms with van der Waals surface area (Å²) in [5.41, 5.74) is 1.94. The molecule has 20 heavy (non-hydrogen) atoms. The normalized spacial score (nSPS) is 23.6. The first-order valence-corrected chi connectivity index (χ1v) is 9.47. The lowest BCUT2D eigenvalue weighted by Gasteiger charge is -2.48. The number of likely N-dealkylation sites (tertiary alicyclic amines) is 1. The van der Waals surface area contributed by atoms with Gasteiger partial charge in [-0.25, -0.2) is 0 Å². The van der Waals surface area contributed by atoms with Gasteiger partial charge in [-0.1, -0.05) is 37.8 Å². The highest BCUT2D eigenvalue weighted by molar-refractivity contribution is 7.98. The van der Waals surface area contributed by atoms with E-state index >= 15 is 0 Å². The van der Waals surface area contributed by atoms with E-state index in [9.17, 15) is 0 Å². The summed E-state index contributed by atoms with van der Waals surface area (Å²) in [7, 11) is 0. The molecule has 1 heterocycles. The molecular formula is C18H27NS. The zero-order chi connectivity index (χ0) is 13.8. The molecule has 1 nitrogen and oxygen atoms in total. The van der Waals surface area contributed by atoms with E-state index in [0.717, 1.165) is 0 Å². The van der Waals surface area contributed by atoms with E-state index in [4.69, 9.17) is 0 Å². The van der Waals surface area contributed by atoms with Crippen LogP contribution in [-0.4, -0.2) is 24.2 Å². The summed E-state index contributed by atoms with van der Waals surface area (Å²) in [6.07, 6.45) is 13.3. The molecule has 0 unspecified atom stereocenters. The fourth-order valence-corrected chi connectivity index (χ4v) is 4.56. The first kappa shape index (κ1) is 14.5. The number of hydrogen-bond acceptors (Lipinski definition) is 2. The third kappa shape index (κ3) is 2.78. The Morgan fingerprint density at radius 1 is 0.850 bits per heavy atom. The van der Waals surface area contributed by atoms with E-state index in [1.807, 2.05) is 11.8 Å². The van der Waals surface area contributed by atoms with Crippen molar-refractivity contribution in [3.8, 4) is 0 Å². The van der Waals surface area contributed by atoms with Crippen LogP contribution in [0.2, 0.25) is 0 Å². The molecule has 0 amide bonds. The van der Waals surface area contributed by atoms with Crippen LogP contribution in [-0.2, 0) is 5.54 Å². The van der Waals surface area contributed by atoms with Gasteiger partial charge >= 0.3 is 0 Å². The Hall–Kier alpha value is -0.470. The van der Waals surface area contributed by atoms with Gasteiger partial charge in [0, 0.05) is 10.4 Å². The van der Waals surface area contributed by atoms with E-state index in [2.05, 4.69) is 35.4 Å². The van der Waals surface area contributed by atoms with E-state index in [1.54, 1.807) is 5.56 Å². The Labute approximate surface area is 128 Å². The summed E-state index contributed by atoms with van der Waals surface area (Å²) >= 11 is 1.85. The zero-order valence-electron chi connectivity index (χ0n) is 12.7. The molecule has 1 aliphatic carbocycles. The van der Waals surface area contributed by atoms with Crippen molar-refractivity contribution in [3.05, 3.63) is 29.8 Å². The molecule has 2 aliphatic rings. The van der Waals surface area contributed by atoms with Gasteiger partial charge < -0.3 is 0 Å². The Morgan fingerprint density at radius 2 is 1.45 bits per heavy atom. The van der Waals surface area contributed by atoms with Crippen molar-refractivity contribution in [3.63, 3.8) is 0 Å². The summed E-state index contributed by atoms with van der Waals surface area (Å²) in [6, 6.07) is 9.46. The average molecular weight is 289 g/mol. The first-order valence-electron chi connectivity index (χ1n) is 8.25. The van der Waals surface area contributed by atoms with Crippen LogP contribution < -0.4 is 0 Å². The fraction of sp³-hybridized carbons (Fsp3) is 0.667. The minimum atomic E-state index is 0.357. The average Bonchev–Trinajstić information content (AvgIpc) is 2.56. The highest BCUT2D eigenvalue weighted by Gasteiger charge is 2.39. The number of rotatable bonds is 3. The topological polar surface area (TPSA) is 3.24 Å². The molecule has 0 N–H and O–H groups in total. The Kier molecular flexibility index (Phi) is 4.72. The molecule has 110 valence electrons. The Balaban J connectivity index is 1.90. The molecule has 3 rings (SSSR count). The van der Waals surface area contributed by atoms with E-state index in [-0.39, 0.29) is 0 Å². The number of piperidine rings is 1. The standard InChI is InChI=1S/C18H27NS/c1-20-17-10-8-16(9-11-17)18(12-4-2-5-13-18)19-14-6-3-7-15-19/h8-11H,2-7,12-15H2,1H3. The number of hydrogen-bond donors (Lipinski definition) is 0. The molecule has 2 fully saturated rings. The number of benzene rings is 1. The van der Waals surface area contributed by atoms with Gasteiger partial charge in [-0.3, -0.25) is 4.90 Å². The molecule has 0 radical (unpaired) electrons. The van der Waals surface area contributed by atoms with Crippen LogP contribution in [0.15, 0.2) is 29.2 Å². The Morgan fingerprint density at radius 3 is 2.05 bits per heavy atom. The van der Waals surface area contributed by atoms with Gasteiger partial charge in [0.15, 0.2) is 0 Å². The van der Waals surface area contributed by atoms with Crippen molar-refractivity contribution < 1.29 is 0 Å². The lowest BCUT2D eigenvalue weighted by Crippen LogP contribution is -2.49. The summed E-state index contributed by atoms with van der Waals surface area (Å²) in [4.78, 5) is 4.21. The second-order valence-corrected chi connectivity index (χ2v) is 7.25. The number of nitrogens with zero attached hydrogens (tertiary/aromatic N) is 1. The monoisotopic (exact) mass is 289 g/mol. The summed E-state index contributed by atoms with van der Waals surface area (Å²) in [6.45, 7) is 2.62. The van der Waals surface area contributed by atoms with Crippen LogP contribution >= 0.6 is 11.8 Å². The van der Waals surface area contributed by atoms with Crippen molar-refractivity contribution in [2.75, 3.05) is 19.3 Å². The van der Waals surface area contributed by atoms with Crippen molar-refractivity contribution >= 4 is 11.8 Å². The van der Waals surface area contributed by atoms with Crippen LogP contribution in [0, 0.1) is 0 Å². The highest BCUT2D eigenvalue weighted by atomic mass is 32.2. The first-order chi connectivity index (χ1) is 9.85. The van der Waals surface area contributed by atoms with Crippen molar-refractivity contribution in [1.29, 1.82) is 0 Å². The van der Waals surface area contributed by atoms with Crippen LogP contribution in [0.3, 0.4) is 0 Å². The van der Waals surface area contributed by atoms with Crippen LogP contribution in [0.1, 0.15) is 56.9 Å². The van der Waals surface area contributed by atoms with Gasteiger partial charge in [-0.2, -0.15) is 0 Å². The molecule has 2 heteroatoms. The lowest BCUT2D eigenvalue weighted by atomic mass is 9.74. The van der Waals surface area contributed by atoms with Crippen molar-refractivity contribution in [1.82, 2.24) is 4.90 Å². The van der Waals surface area contributed by atoms with Gasteiger partial charge in [0.25, 0.3) is 0 Å². The quantitative estimate of drug-likeness (QED) is 0.716. The maximum absolute atomic E-state index is 2.82. The maximum atomic E-state index is 2.82. The predicted octanol–water partition coefficient (Wildman–Crippen LogP) is 5.05. The highest BCUT2D eigenvalue weighted by Crippen LogP contribution is 2.43. The van der Waals surface area contributed by atoms with Crippen molar-refractivity contribution in [2.45, 2.75) is 61.8 Å². The molecule has 1 saturated carbocycles. The second kappa shape index (κ2) is 6.53. The predicted molar refractivity (Wildman–Crippen MR) is 88.4 cm³/mol. The SMILES string of the molecule is CSc1ccc(C2(N3CCCCC3)CCCCC2)cc1. The molecule has 1 saturated heterocycles. The zero-order valence-corrected chi connectivity index (χ0v) is 13.6. The molecule has 0 atom stereocenters. The largest absolute Gasteiger partial charge is 0.294 e. The van der Waals surface area contributed by atoms with Gasteiger partial charge in [0.1, 0.15) is 0 Å². The van der Waals surface area contributed by atoms with Gasteiger partial charge in [-0.15, -0.1) is 11.8 Å². The molecule has 1 aromatic rings. The summed E-state index contributed by atoms with van der Waals surface area (Å²) in [5.74, 6) is 0. The molecule has 0 spiro atoms. The lowest BCUT2D eigenvalue weighted by molar-refractivity contribution is 0.0303. The third-order valence-electron chi connectivity index (χ3n) is 5.27. The molecule has 1 aliphatic heterocycles. The third-order valence-corrected chi connectivity index (χ3v) is 6.01. The molecule has 0 bridgehead atoms. The minimum Gasteiger partial charge on any atom is -0.294 e. The summed E-state index contributed by atoms with van der Waals surface area (Å²) in [5, 5.41) is 0. The number of thioether (sulfide) groups is 1.